The van der Waals surface area contributed by atoms with Crippen molar-refractivity contribution in [2.45, 2.75) is 31.4 Å². The fraction of sp³-hybridized carbons (Fsp3) is 0.333. The molecule has 0 aliphatic carbocycles. The van der Waals surface area contributed by atoms with Gasteiger partial charge < -0.3 is 9.84 Å². The largest absolute Gasteiger partial charge is 0.361 e. The normalized spacial score (nSPS) is 13.6. The third-order valence-electron chi connectivity index (χ3n) is 3.04. The van der Waals surface area contributed by atoms with Crippen LogP contribution in [-0.2, 0) is 27.9 Å². The number of amides is 1. The molecule has 0 radical (unpaired) electrons. The molecule has 0 unspecified atom stereocenters. The molecule has 1 aromatic heterocycles. The maximum Gasteiger partial charge on any atom is 0.235 e. The second kappa shape index (κ2) is 7.17. The maximum atomic E-state index is 12.1. The molecule has 0 saturated heterocycles. The Morgan fingerprint density at radius 1 is 1.38 bits per heavy atom. The number of hydrogen-bond acceptors (Lipinski definition) is 4. The van der Waals surface area contributed by atoms with Crippen molar-refractivity contribution in [1.82, 2.24) is 10.5 Å². The van der Waals surface area contributed by atoms with Gasteiger partial charge in [0.05, 0.1) is 11.4 Å². The van der Waals surface area contributed by atoms with Crippen LogP contribution < -0.4 is 5.32 Å². The Kier molecular flexibility index (Phi) is 5.27. The van der Waals surface area contributed by atoms with Crippen LogP contribution in [0.15, 0.2) is 40.9 Å². The maximum absolute atomic E-state index is 12.1. The summed E-state index contributed by atoms with van der Waals surface area (Å²) in [5, 5.41) is 5.99. The van der Waals surface area contributed by atoms with Crippen molar-refractivity contribution >= 4 is 16.7 Å². The van der Waals surface area contributed by atoms with Crippen molar-refractivity contribution in [1.29, 1.82) is 0 Å². The van der Waals surface area contributed by atoms with Crippen LogP contribution >= 0.6 is 0 Å². The molecular formula is C15H18N2O3S. The second-order valence-electron chi connectivity index (χ2n) is 4.80. The third kappa shape index (κ3) is 4.53. The van der Waals surface area contributed by atoms with Crippen LogP contribution in [0.3, 0.4) is 0 Å². The van der Waals surface area contributed by atoms with E-state index in [0.29, 0.717) is 18.0 Å². The Labute approximate surface area is 126 Å². The molecule has 0 fully saturated rings. The van der Waals surface area contributed by atoms with Crippen molar-refractivity contribution in [2.24, 2.45) is 0 Å². The van der Waals surface area contributed by atoms with Gasteiger partial charge in [0.2, 0.25) is 5.91 Å². The zero-order chi connectivity index (χ0) is 15.2. The zero-order valence-electron chi connectivity index (χ0n) is 12.0. The van der Waals surface area contributed by atoms with Crippen molar-refractivity contribution in [3.8, 4) is 0 Å². The van der Waals surface area contributed by atoms with Gasteiger partial charge in [-0.25, -0.2) is 0 Å². The average molecular weight is 306 g/mol. The summed E-state index contributed by atoms with van der Waals surface area (Å²) >= 11 is 0. The first kappa shape index (κ1) is 15.4. The predicted octanol–water partition coefficient (Wildman–Crippen LogP) is 1.94. The fourth-order valence-electron chi connectivity index (χ4n) is 1.80. The van der Waals surface area contributed by atoms with Gasteiger partial charge in [-0.05, 0) is 19.4 Å². The van der Waals surface area contributed by atoms with E-state index in [4.69, 9.17) is 4.52 Å². The van der Waals surface area contributed by atoms with Crippen LogP contribution in [0.25, 0.3) is 0 Å². The SMILES string of the molecule is Cc1cc(C[S@@](=O)[C@H](C)C(=O)NCc2ccccc2)no1. The van der Waals surface area contributed by atoms with Crippen LogP contribution in [0.1, 0.15) is 23.9 Å². The number of nitrogens with zero attached hydrogens (tertiary/aromatic N) is 1. The first-order chi connectivity index (χ1) is 10.1. The summed E-state index contributed by atoms with van der Waals surface area (Å²) in [5.74, 6) is 0.664. The smallest absolute Gasteiger partial charge is 0.235 e. The van der Waals surface area contributed by atoms with Crippen molar-refractivity contribution < 1.29 is 13.5 Å². The van der Waals surface area contributed by atoms with Gasteiger partial charge in [-0.3, -0.25) is 9.00 Å². The van der Waals surface area contributed by atoms with E-state index in [9.17, 15) is 9.00 Å². The number of carbonyl (C=O) groups is 1. The van der Waals surface area contributed by atoms with Crippen molar-refractivity contribution in [2.75, 3.05) is 0 Å². The van der Waals surface area contributed by atoms with Gasteiger partial charge in [0.15, 0.2) is 0 Å². The van der Waals surface area contributed by atoms with E-state index in [1.54, 1.807) is 19.9 Å². The van der Waals surface area contributed by atoms with E-state index >= 15 is 0 Å². The van der Waals surface area contributed by atoms with Gasteiger partial charge in [-0.2, -0.15) is 0 Å². The molecule has 1 amide bonds. The van der Waals surface area contributed by atoms with Crippen LogP contribution in [0.2, 0.25) is 0 Å². The standard InChI is InChI=1S/C15H18N2O3S/c1-11-8-14(17-20-11)10-21(19)12(2)15(18)16-9-13-6-4-3-5-7-13/h3-8,12H,9-10H2,1-2H3,(H,16,18)/t12-,21-/m1/s1. The van der Waals surface area contributed by atoms with E-state index in [1.807, 2.05) is 30.3 Å². The molecule has 0 bridgehead atoms. The number of nitrogens with one attached hydrogen (secondary N) is 1. The molecule has 0 spiro atoms. The molecule has 2 atom stereocenters. The molecule has 1 heterocycles. The second-order valence-corrected chi connectivity index (χ2v) is 6.56. The van der Waals surface area contributed by atoms with Crippen LogP contribution in [-0.4, -0.2) is 20.5 Å². The van der Waals surface area contributed by atoms with Gasteiger partial charge in [0, 0.05) is 23.4 Å². The Hall–Kier alpha value is -1.95. The van der Waals surface area contributed by atoms with Gasteiger partial charge in [-0.15, -0.1) is 0 Å². The fourth-order valence-corrected chi connectivity index (χ4v) is 2.80. The summed E-state index contributed by atoms with van der Waals surface area (Å²) in [5.41, 5.74) is 1.62. The Balaban J connectivity index is 1.85. The zero-order valence-corrected chi connectivity index (χ0v) is 12.9. The highest BCUT2D eigenvalue weighted by Gasteiger charge is 2.21. The summed E-state index contributed by atoms with van der Waals surface area (Å²) in [6.07, 6.45) is 0. The minimum absolute atomic E-state index is 0.220. The lowest BCUT2D eigenvalue weighted by Gasteiger charge is -2.11. The Bertz CT molecular complexity index is 625. The van der Waals surface area contributed by atoms with E-state index in [2.05, 4.69) is 10.5 Å². The lowest BCUT2D eigenvalue weighted by atomic mass is 10.2. The monoisotopic (exact) mass is 306 g/mol. The van der Waals surface area contributed by atoms with E-state index < -0.39 is 16.0 Å². The van der Waals surface area contributed by atoms with E-state index in [0.717, 1.165) is 5.56 Å². The lowest BCUT2D eigenvalue weighted by molar-refractivity contribution is -0.120. The highest BCUT2D eigenvalue weighted by molar-refractivity contribution is 7.85. The summed E-state index contributed by atoms with van der Waals surface area (Å²) in [6.45, 7) is 3.86. The summed E-state index contributed by atoms with van der Waals surface area (Å²) in [4.78, 5) is 12.0. The number of rotatable bonds is 6. The molecule has 5 nitrogen and oxygen atoms in total. The highest BCUT2D eigenvalue weighted by atomic mass is 32.2. The minimum Gasteiger partial charge on any atom is -0.361 e. The number of aryl methyl sites for hydroxylation is 1. The van der Waals surface area contributed by atoms with Crippen molar-refractivity contribution in [3.05, 3.63) is 53.4 Å². The lowest BCUT2D eigenvalue weighted by Crippen LogP contribution is -2.35. The Morgan fingerprint density at radius 2 is 2.10 bits per heavy atom. The van der Waals surface area contributed by atoms with E-state index in [1.165, 1.54) is 0 Å². The molecular weight excluding hydrogens is 288 g/mol. The molecule has 1 aromatic carbocycles. The Morgan fingerprint density at radius 3 is 2.71 bits per heavy atom. The van der Waals surface area contributed by atoms with E-state index in [-0.39, 0.29) is 11.7 Å². The molecule has 0 saturated carbocycles. The number of aromatic nitrogens is 1. The van der Waals surface area contributed by atoms with Gasteiger partial charge >= 0.3 is 0 Å². The molecule has 0 aliphatic heterocycles. The molecule has 112 valence electrons. The molecule has 21 heavy (non-hydrogen) atoms. The third-order valence-corrected chi connectivity index (χ3v) is 4.62. The van der Waals surface area contributed by atoms with Gasteiger partial charge in [0.1, 0.15) is 11.0 Å². The summed E-state index contributed by atoms with van der Waals surface area (Å²) in [7, 11) is -1.32. The van der Waals surface area contributed by atoms with Gasteiger partial charge in [-0.1, -0.05) is 35.5 Å². The number of benzene rings is 1. The van der Waals surface area contributed by atoms with Crippen molar-refractivity contribution in [3.63, 3.8) is 0 Å². The first-order valence-electron chi connectivity index (χ1n) is 6.67. The number of hydrogen-bond donors (Lipinski definition) is 1. The minimum atomic E-state index is -1.32. The highest BCUT2D eigenvalue weighted by Crippen LogP contribution is 2.08. The average Bonchev–Trinajstić information content (AvgIpc) is 2.90. The predicted molar refractivity (Wildman–Crippen MR) is 80.8 cm³/mol. The van der Waals surface area contributed by atoms with Gasteiger partial charge in [0.25, 0.3) is 0 Å². The first-order valence-corrected chi connectivity index (χ1v) is 8.05. The number of carbonyl (C=O) groups excluding carboxylic acids is 1. The molecule has 1 N–H and O–H groups in total. The summed E-state index contributed by atoms with van der Waals surface area (Å²) < 4.78 is 17.1. The summed E-state index contributed by atoms with van der Waals surface area (Å²) in [6, 6.07) is 11.3. The van der Waals surface area contributed by atoms with Crippen LogP contribution in [0, 0.1) is 6.92 Å². The topological polar surface area (TPSA) is 72.2 Å². The molecule has 2 aromatic rings. The molecule has 6 heteroatoms. The van der Waals surface area contributed by atoms with Crippen LogP contribution in [0.5, 0.6) is 0 Å². The quantitative estimate of drug-likeness (QED) is 0.885. The molecule has 2 rings (SSSR count). The van der Waals surface area contributed by atoms with Crippen LogP contribution in [0.4, 0.5) is 0 Å². The molecule has 0 aliphatic rings.